The Morgan fingerprint density at radius 2 is 2.08 bits per heavy atom. The lowest BCUT2D eigenvalue weighted by molar-refractivity contribution is 0.207. The van der Waals surface area contributed by atoms with Crippen LogP contribution in [0.1, 0.15) is 6.42 Å². The summed E-state index contributed by atoms with van der Waals surface area (Å²) >= 11 is 0. The molecule has 0 aromatic rings. The third-order valence-corrected chi connectivity index (χ3v) is 2.43. The Kier molecular flexibility index (Phi) is 5.41. The van der Waals surface area contributed by atoms with Crippen LogP contribution in [0.2, 0.25) is 0 Å². The SMILES string of the molecule is Cl.Cl.F[C@H]1C[C@H]2CNCCN2C1. The van der Waals surface area contributed by atoms with Crippen LogP contribution in [0.15, 0.2) is 0 Å². The topological polar surface area (TPSA) is 15.3 Å². The van der Waals surface area contributed by atoms with Crippen molar-refractivity contribution in [1.29, 1.82) is 0 Å². The van der Waals surface area contributed by atoms with Crippen molar-refractivity contribution in [3.63, 3.8) is 0 Å². The molecular formula is C7H15Cl2FN2. The minimum Gasteiger partial charge on any atom is -0.314 e. The van der Waals surface area contributed by atoms with E-state index in [1.807, 2.05) is 0 Å². The van der Waals surface area contributed by atoms with E-state index in [1.165, 1.54) is 0 Å². The van der Waals surface area contributed by atoms with Crippen LogP contribution >= 0.6 is 24.8 Å². The van der Waals surface area contributed by atoms with Crippen molar-refractivity contribution >= 4 is 24.8 Å². The molecule has 0 radical (unpaired) electrons. The molecule has 0 amide bonds. The Hall–Kier alpha value is 0.430. The molecule has 0 unspecified atom stereocenters. The molecule has 0 spiro atoms. The fourth-order valence-electron chi connectivity index (χ4n) is 1.90. The van der Waals surface area contributed by atoms with Crippen molar-refractivity contribution in [3.8, 4) is 0 Å². The third-order valence-electron chi connectivity index (χ3n) is 2.43. The molecule has 2 fully saturated rings. The second kappa shape index (κ2) is 5.22. The van der Waals surface area contributed by atoms with E-state index >= 15 is 0 Å². The summed E-state index contributed by atoms with van der Waals surface area (Å²) in [4.78, 5) is 2.25. The number of nitrogens with one attached hydrogen (secondary N) is 1. The minimum absolute atomic E-state index is 0. The van der Waals surface area contributed by atoms with Gasteiger partial charge < -0.3 is 5.32 Å². The summed E-state index contributed by atoms with van der Waals surface area (Å²) in [5.74, 6) is 0. The zero-order chi connectivity index (χ0) is 6.97. The highest BCUT2D eigenvalue weighted by Crippen LogP contribution is 2.20. The predicted octanol–water partition coefficient (Wildman–Crippen LogP) is 0.846. The van der Waals surface area contributed by atoms with Crippen molar-refractivity contribution < 1.29 is 4.39 Å². The molecule has 0 aromatic heterocycles. The molecule has 0 aliphatic carbocycles. The Balaban J connectivity index is 0.000000605. The summed E-state index contributed by atoms with van der Waals surface area (Å²) < 4.78 is 12.8. The monoisotopic (exact) mass is 216 g/mol. The van der Waals surface area contributed by atoms with Gasteiger partial charge in [-0.25, -0.2) is 4.39 Å². The van der Waals surface area contributed by atoms with E-state index in [9.17, 15) is 4.39 Å². The molecule has 0 bridgehead atoms. The van der Waals surface area contributed by atoms with E-state index in [2.05, 4.69) is 10.2 Å². The largest absolute Gasteiger partial charge is 0.314 e. The lowest BCUT2D eigenvalue weighted by atomic mass is 10.2. The van der Waals surface area contributed by atoms with Gasteiger partial charge in [0.1, 0.15) is 6.17 Å². The number of rotatable bonds is 0. The maximum absolute atomic E-state index is 12.8. The van der Waals surface area contributed by atoms with Gasteiger partial charge in [0.05, 0.1) is 0 Å². The highest BCUT2D eigenvalue weighted by molar-refractivity contribution is 5.85. The van der Waals surface area contributed by atoms with E-state index in [-0.39, 0.29) is 24.8 Å². The second-order valence-electron chi connectivity index (χ2n) is 3.19. The van der Waals surface area contributed by atoms with Gasteiger partial charge in [0.25, 0.3) is 0 Å². The summed E-state index contributed by atoms with van der Waals surface area (Å²) in [6.45, 7) is 3.72. The molecular weight excluding hydrogens is 202 g/mol. The summed E-state index contributed by atoms with van der Waals surface area (Å²) in [5, 5.41) is 3.27. The third kappa shape index (κ3) is 2.46. The fraction of sp³-hybridized carbons (Fsp3) is 1.00. The first kappa shape index (κ1) is 12.4. The Labute approximate surface area is 84.7 Å². The van der Waals surface area contributed by atoms with Crippen LogP contribution in [0.3, 0.4) is 0 Å². The average molecular weight is 217 g/mol. The maximum Gasteiger partial charge on any atom is 0.114 e. The van der Waals surface area contributed by atoms with E-state index in [0.717, 1.165) is 26.1 Å². The maximum atomic E-state index is 12.8. The van der Waals surface area contributed by atoms with Crippen LogP contribution in [0.5, 0.6) is 0 Å². The number of halogens is 3. The highest BCUT2D eigenvalue weighted by Gasteiger charge is 2.32. The van der Waals surface area contributed by atoms with Gasteiger partial charge in [-0.1, -0.05) is 0 Å². The van der Waals surface area contributed by atoms with Crippen molar-refractivity contribution in [3.05, 3.63) is 0 Å². The quantitative estimate of drug-likeness (QED) is 0.647. The van der Waals surface area contributed by atoms with E-state index < -0.39 is 6.17 Å². The Morgan fingerprint density at radius 3 is 2.75 bits per heavy atom. The molecule has 2 aliphatic rings. The number of alkyl halides is 1. The molecule has 2 aliphatic heterocycles. The van der Waals surface area contributed by atoms with Crippen LogP contribution < -0.4 is 5.32 Å². The van der Waals surface area contributed by atoms with Gasteiger partial charge in [0, 0.05) is 32.2 Å². The highest BCUT2D eigenvalue weighted by atomic mass is 35.5. The molecule has 2 saturated heterocycles. The number of hydrogen-bond donors (Lipinski definition) is 1. The van der Waals surface area contributed by atoms with Gasteiger partial charge in [0.2, 0.25) is 0 Å². The Morgan fingerprint density at radius 1 is 1.33 bits per heavy atom. The van der Waals surface area contributed by atoms with E-state index in [0.29, 0.717) is 12.6 Å². The van der Waals surface area contributed by atoms with Crippen LogP contribution in [0.4, 0.5) is 4.39 Å². The first-order valence-electron chi connectivity index (χ1n) is 3.95. The molecule has 2 rings (SSSR count). The smallest absolute Gasteiger partial charge is 0.114 e. The lowest BCUT2D eigenvalue weighted by Crippen LogP contribution is -2.47. The van der Waals surface area contributed by atoms with Crippen LogP contribution in [-0.2, 0) is 0 Å². The molecule has 5 heteroatoms. The normalized spacial score (nSPS) is 34.8. The average Bonchev–Trinajstić information content (AvgIpc) is 2.27. The van der Waals surface area contributed by atoms with E-state index in [1.54, 1.807) is 0 Å². The van der Waals surface area contributed by atoms with Gasteiger partial charge in [-0.2, -0.15) is 0 Å². The molecule has 0 saturated carbocycles. The lowest BCUT2D eigenvalue weighted by Gasteiger charge is -2.29. The molecule has 74 valence electrons. The van der Waals surface area contributed by atoms with Crippen molar-refractivity contribution in [1.82, 2.24) is 10.2 Å². The number of hydrogen-bond acceptors (Lipinski definition) is 2. The minimum atomic E-state index is -0.565. The van der Waals surface area contributed by atoms with Gasteiger partial charge >= 0.3 is 0 Å². The number of nitrogens with zero attached hydrogens (tertiary/aromatic N) is 1. The summed E-state index contributed by atoms with van der Waals surface area (Å²) in [5.41, 5.74) is 0. The van der Waals surface area contributed by atoms with Crippen molar-refractivity contribution in [2.75, 3.05) is 26.2 Å². The molecule has 2 atom stereocenters. The molecule has 0 aromatic carbocycles. The molecule has 12 heavy (non-hydrogen) atoms. The van der Waals surface area contributed by atoms with Gasteiger partial charge in [-0.3, -0.25) is 4.90 Å². The van der Waals surface area contributed by atoms with Crippen LogP contribution in [0, 0.1) is 0 Å². The standard InChI is InChI=1S/C7H13FN2.2ClH/c8-6-3-7-4-9-1-2-10(7)5-6;;/h6-7,9H,1-5H2;2*1H/t6-,7-;;/m0../s1. The van der Waals surface area contributed by atoms with Crippen LogP contribution in [0.25, 0.3) is 0 Å². The molecule has 2 nitrogen and oxygen atoms in total. The summed E-state index contributed by atoms with van der Waals surface area (Å²) in [6, 6.07) is 0.490. The zero-order valence-electron chi connectivity index (χ0n) is 6.83. The summed E-state index contributed by atoms with van der Waals surface area (Å²) in [7, 11) is 0. The van der Waals surface area contributed by atoms with Gasteiger partial charge in [-0.05, 0) is 6.42 Å². The summed E-state index contributed by atoms with van der Waals surface area (Å²) in [6.07, 6.45) is 0.178. The second-order valence-corrected chi connectivity index (χ2v) is 3.19. The fourth-order valence-corrected chi connectivity index (χ4v) is 1.90. The zero-order valence-corrected chi connectivity index (χ0v) is 8.46. The van der Waals surface area contributed by atoms with Gasteiger partial charge in [0.15, 0.2) is 0 Å². The predicted molar refractivity (Wildman–Crippen MR) is 52.2 cm³/mol. The van der Waals surface area contributed by atoms with Crippen molar-refractivity contribution in [2.24, 2.45) is 0 Å². The molecule has 1 N–H and O–H groups in total. The first-order chi connectivity index (χ1) is 4.86. The number of piperazine rings is 1. The number of fused-ring (bicyclic) bond motifs is 1. The Bertz CT molecular complexity index is 123. The van der Waals surface area contributed by atoms with Gasteiger partial charge in [-0.15, -0.1) is 24.8 Å². The molecule has 2 heterocycles. The van der Waals surface area contributed by atoms with Crippen LogP contribution in [-0.4, -0.2) is 43.3 Å². The van der Waals surface area contributed by atoms with Crippen molar-refractivity contribution in [2.45, 2.75) is 18.6 Å². The first-order valence-corrected chi connectivity index (χ1v) is 3.95. The van der Waals surface area contributed by atoms with E-state index in [4.69, 9.17) is 0 Å².